The Balaban J connectivity index is 1.43. The molecule has 2 fully saturated rings. The second kappa shape index (κ2) is 7.79. The molecule has 0 N–H and O–H groups in total. The average molecular weight is 350 g/mol. The number of fused-ring (bicyclic) bond motifs is 2. The number of hydrogen-bond acceptors (Lipinski definition) is 4. The topological polar surface area (TPSA) is 44.8 Å². The summed E-state index contributed by atoms with van der Waals surface area (Å²) in [6, 6.07) is 0. The average Bonchev–Trinajstić information content (AvgIpc) is 3.23. The number of esters is 1. The van der Waals surface area contributed by atoms with Gasteiger partial charge in [-0.15, -0.1) is 0 Å². The van der Waals surface area contributed by atoms with Crippen LogP contribution in [-0.4, -0.2) is 31.6 Å². The molecule has 0 aromatic rings. The van der Waals surface area contributed by atoms with E-state index in [2.05, 4.69) is 26.0 Å². The van der Waals surface area contributed by atoms with Crippen molar-refractivity contribution in [1.29, 1.82) is 0 Å². The van der Waals surface area contributed by atoms with Gasteiger partial charge in [0.05, 0.1) is 26.2 Å². The number of hydrogen-bond donors (Lipinski definition) is 0. The lowest BCUT2D eigenvalue weighted by Crippen LogP contribution is -2.49. The molecule has 1 aliphatic heterocycles. The van der Waals surface area contributed by atoms with Crippen LogP contribution in [0.15, 0.2) is 12.2 Å². The molecule has 2 bridgehead atoms. The molecule has 1 saturated carbocycles. The van der Waals surface area contributed by atoms with Crippen molar-refractivity contribution in [3.8, 4) is 0 Å². The van der Waals surface area contributed by atoms with E-state index in [1.807, 2.05) is 6.92 Å². The summed E-state index contributed by atoms with van der Waals surface area (Å²) >= 11 is 0. The van der Waals surface area contributed by atoms with Crippen LogP contribution in [0.2, 0.25) is 0 Å². The first-order valence-corrected chi connectivity index (χ1v) is 10.1. The lowest BCUT2D eigenvalue weighted by molar-refractivity contribution is -0.298. The number of ether oxygens (including phenoxy) is 3. The molecule has 0 radical (unpaired) electrons. The van der Waals surface area contributed by atoms with E-state index >= 15 is 0 Å². The van der Waals surface area contributed by atoms with E-state index in [0.717, 1.165) is 19.3 Å². The summed E-state index contributed by atoms with van der Waals surface area (Å²) in [5, 5.41) is 0. The fourth-order valence-corrected chi connectivity index (χ4v) is 4.47. The third-order valence-electron chi connectivity index (χ3n) is 6.52. The molecule has 4 nitrogen and oxygen atoms in total. The Kier molecular flexibility index (Phi) is 5.89. The van der Waals surface area contributed by atoms with Crippen LogP contribution in [0.25, 0.3) is 0 Å². The highest BCUT2D eigenvalue weighted by Gasteiger charge is 2.43. The van der Waals surface area contributed by atoms with Crippen molar-refractivity contribution in [2.45, 2.75) is 71.5 Å². The normalized spacial score (nSPS) is 39.7. The highest BCUT2D eigenvalue weighted by atomic mass is 16.7. The monoisotopic (exact) mass is 350 g/mol. The largest absolute Gasteiger partial charge is 0.465 e. The van der Waals surface area contributed by atoms with Crippen molar-refractivity contribution >= 4 is 5.97 Å². The quantitative estimate of drug-likeness (QED) is 0.478. The third-order valence-corrected chi connectivity index (χ3v) is 6.52. The van der Waals surface area contributed by atoms with Crippen LogP contribution in [0.3, 0.4) is 0 Å². The van der Waals surface area contributed by atoms with Gasteiger partial charge >= 0.3 is 5.97 Å². The van der Waals surface area contributed by atoms with Crippen molar-refractivity contribution in [1.82, 2.24) is 0 Å². The highest BCUT2D eigenvalue weighted by Crippen LogP contribution is 2.43. The van der Waals surface area contributed by atoms with Crippen LogP contribution in [0.5, 0.6) is 0 Å². The molecule has 3 atom stereocenters. The smallest absolute Gasteiger partial charge is 0.311 e. The summed E-state index contributed by atoms with van der Waals surface area (Å²) in [5.41, 5.74) is 0.106. The molecular weight excluding hydrogens is 316 g/mol. The van der Waals surface area contributed by atoms with Gasteiger partial charge in [-0.3, -0.25) is 4.79 Å². The summed E-state index contributed by atoms with van der Waals surface area (Å²) in [4.78, 5) is 12.3. The highest BCUT2D eigenvalue weighted by molar-refractivity contribution is 5.70. The fraction of sp³-hybridized carbons (Fsp3) is 0.857. The summed E-state index contributed by atoms with van der Waals surface area (Å²) < 4.78 is 17.6. The van der Waals surface area contributed by atoms with Crippen molar-refractivity contribution in [3.63, 3.8) is 0 Å². The number of allylic oxidation sites excluding steroid dienone is 2. The first-order chi connectivity index (χ1) is 12.0. The van der Waals surface area contributed by atoms with Crippen LogP contribution < -0.4 is 0 Å². The lowest BCUT2D eigenvalue weighted by Gasteiger charge is -2.44. The van der Waals surface area contributed by atoms with Crippen LogP contribution >= 0.6 is 0 Å². The molecule has 0 spiro atoms. The molecule has 0 aromatic carbocycles. The third kappa shape index (κ3) is 4.46. The van der Waals surface area contributed by atoms with Crippen molar-refractivity contribution in [2.75, 3.05) is 19.8 Å². The molecule has 2 aliphatic carbocycles. The molecular formula is C21H34O4. The SMILES string of the molecule is CCCCC1(CC)COC(C)(CC(=O)OCC2CC3C=CC2C3)OC1. The Bertz CT molecular complexity index is 490. The summed E-state index contributed by atoms with van der Waals surface area (Å²) in [6.07, 6.45) is 11.7. The molecule has 3 aliphatic rings. The first kappa shape index (κ1) is 18.9. The van der Waals surface area contributed by atoms with E-state index in [1.165, 1.54) is 19.3 Å². The van der Waals surface area contributed by atoms with Gasteiger partial charge in [-0.1, -0.05) is 38.8 Å². The maximum absolute atomic E-state index is 12.3. The maximum atomic E-state index is 12.3. The molecule has 0 aromatic heterocycles. The first-order valence-electron chi connectivity index (χ1n) is 10.1. The lowest BCUT2D eigenvalue weighted by atomic mass is 9.81. The molecule has 142 valence electrons. The van der Waals surface area contributed by atoms with Gasteiger partial charge in [-0.2, -0.15) is 0 Å². The molecule has 0 amide bonds. The zero-order valence-corrected chi connectivity index (χ0v) is 16.1. The van der Waals surface area contributed by atoms with Crippen LogP contribution in [0, 0.1) is 23.2 Å². The molecule has 1 heterocycles. The summed E-state index contributed by atoms with van der Waals surface area (Å²) in [7, 11) is 0. The Hall–Kier alpha value is -0.870. The predicted molar refractivity (Wildman–Crippen MR) is 97.0 cm³/mol. The fourth-order valence-electron chi connectivity index (χ4n) is 4.47. The van der Waals surface area contributed by atoms with E-state index in [1.54, 1.807) is 0 Å². The van der Waals surface area contributed by atoms with Gasteiger partial charge in [-0.25, -0.2) is 0 Å². The van der Waals surface area contributed by atoms with Gasteiger partial charge in [0.2, 0.25) is 0 Å². The minimum atomic E-state index is -0.837. The zero-order valence-electron chi connectivity index (χ0n) is 16.1. The van der Waals surface area contributed by atoms with Crippen LogP contribution in [0.1, 0.15) is 65.7 Å². The van der Waals surface area contributed by atoms with Crippen molar-refractivity contribution in [3.05, 3.63) is 12.2 Å². The van der Waals surface area contributed by atoms with Crippen molar-refractivity contribution in [2.24, 2.45) is 23.2 Å². The van der Waals surface area contributed by atoms with Gasteiger partial charge in [0, 0.05) is 5.41 Å². The predicted octanol–water partition coefficient (Wildman–Crippen LogP) is 4.48. The van der Waals surface area contributed by atoms with Crippen LogP contribution in [0.4, 0.5) is 0 Å². The Labute approximate surface area is 152 Å². The number of unbranched alkanes of at least 4 members (excludes halogenated alkanes) is 1. The van der Waals surface area contributed by atoms with Gasteiger partial charge in [-0.05, 0) is 50.4 Å². The molecule has 25 heavy (non-hydrogen) atoms. The molecule has 3 rings (SSSR count). The maximum Gasteiger partial charge on any atom is 0.311 e. The minimum Gasteiger partial charge on any atom is -0.465 e. The van der Waals surface area contributed by atoms with E-state index in [4.69, 9.17) is 14.2 Å². The standard InChI is InChI=1S/C21H34O4/c1-4-6-9-21(5-2)14-24-20(3,25-15-21)12-19(22)23-13-18-11-16-7-8-17(18)10-16/h7-8,16-18H,4-6,9-15H2,1-3H3. The molecule has 3 unspecified atom stereocenters. The minimum absolute atomic E-state index is 0.106. The van der Waals surface area contributed by atoms with Crippen molar-refractivity contribution < 1.29 is 19.0 Å². The Morgan fingerprint density at radius 1 is 1.20 bits per heavy atom. The molecule has 1 saturated heterocycles. The van der Waals surface area contributed by atoms with Gasteiger partial charge < -0.3 is 14.2 Å². The summed E-state index contributed by atoms with van der Waals surface area (Å²) in [6.45, 7) is 8.15. The van der Waals surface area contributed by atoms with Gasteiger partial charge in [0.25, 0.3) is 0 Å². The van der Waals surface area contributed by atoms with E-state index < -0.39 is 5.79 Å². The summed E-state index contributed by atoms with van der Waals surface area (Å²) in [5.74, 6) is 0.783. The zero-order chi connectivity index (χ0) is 17.9. The molecule has 4 heteroatoms. The van der Waals surface area contributed by atoms with E-state index in [0.29, 0.717) is 37.6 Å². The number of carbonyl (C=O) groups is 1. The Morgan fingerprint density at radius 3 is 2.52 bits per heavy atom. The Morgan fingerprint density at radius 2 is 1.96 bits per heavy atom. The number of rotatable bonds is 8. The van der Waals surface area contributed by atoms with Gasteiger partial charge in [0.1, 0.15) is 0 Å². The van der Waals surface area contributed by atoms with E-state index in [-0.39, 0.29) is 17.8 Å². The van der Waals surface area contributed by atoms with E-state index in [9.17, 15) is 4.79 Å². The second-order valence-corrected chi connectivity index (χ2v) is 8.57. The van der Waals surface area contributed by atoms with Crippen LogP contribution in [-0.2, 0) is 19.0 Å². The van der Waals surface area contributed by atoms with Gasteiger partial charge in [0.15, 0.2) is 5.79 Å². The number of carbonyl (C=O) groups excluding carboxylic acids is 1. The second-order valence-electron chi connectivity index (χ2n) is 8.57.